The number of sulfonamides is 1. The Labute approximate surface area is 229 Å². The Hall–Kier alpha value is -3.92. The van der Waals surface area contributed by atoms with Gasteiger partial charge in [0.25, 0.3) is 0 Å². The second-order valence-corrected chi connectivity index (χ2v) is 11.0. The van der Waals surface area contributed by atoms with E-state index in [0.29, 0.717) is 17.9 Å². The van der Waals surface area contributed by atoms with Crippen molar-refractivity contribution in [2.24, 2.45) is 0 Å². The van der Waals surface area contributed by atoms with Gasteiger partial charge >= 0.3 is 0 Å². The SMILES string of the molecule is CNC(=O)[C@@H](Cc1ccccc1)N(Cc1cccc(OC)c1)C(=O)CCCN(c1ccc(F)cc1)S(C)(=O)=O. The minimum Gasteiger partial charge on any atom is -0.497 e. The predicted molar refractivity (Wildman–Crippen MR) is 149 cm³/mol. The Morgan fingerprint density at radius 2 is 1.64 bits per heavy atom. The number of carbonyl (C=O) groups excluding carboxylic acids is 2. The van der Waals surface area contributed by atoms with Gasteiger partial charge < -0.3 is 15.0 Å². The Balaban J connectivity index is 1.85. The Bertz CT molecular complexity index is 1350. The molecule has 2 amide bonds. The van der Waals surface area contributed by atoms with Crippen LogP contribution >= 0.6 is 0 Å². The normalized spacial score (nSPS) is 11.9. The van der Waals surface area contributed by atoms with Crippen LogP contribution in [0, 0.1) is 5.82 Å². The van der Waals surface area contributed by atoms with E-state index in [9.17, 15) is 22.4 Å². The van der Waals surface area contributed by atoms with Gasteiger partial charge in [-0.05, 0) is 53.9 Å². The minimum atomic E-state index is -3.67. The van der Waals surface area contributed by atoms with Crippen LogP contribution in [0.1, 0.15) is 24.0 Å². The monoisotopic (exact) mass is 555 g/mol. The van der Waals surface area contributed by atoms with Crippen LogP contribution in [0.2, 0.25) is 0 Å². The Kier molecular flexibility index (Phi) is 10.4. The fourth-order valence-electron chi connectivity index (χ4n) is 4.30. The van der Waals surface area contributed by atoms with Crippen molar-refractivity contribution in [1.29, 1.82) is 0 Å². The van der Waals surface area contributed by atoms with Crippen LogP contribution < -0.4 is 14.4 Å². The van der Waals surface area contributed by atoms with Crippen LogP contribution in [0.4, 0.5) is 10.1 Å². The van der Waals surface area contributed by atoms with Gasteiger partial charge in [-0.25, -0.2) is 12.8 Å². The third-order valence-electron chi connectivity index (χ3n) is 6.27. The lowest BCUT2D eigenvalue weighted by Gasteiger charge is -2.31. The summed E-state index contributed by atoms with van der Waals surface area (Å²) in [5, 5.41) is 2.67. The highest BCUT2D eigenvalue weighted by Gasteiger charge is 2.30. The molecule has 1 N–H and O–H groups in total. The number of hydrogen-bond acceptors (Lipinski definition) is 5. The molecule has 0 fully saturated rings. The summed E-state index contributed by atoms with van der Waals surface area (Å²) >= 11 is 0. The van der Waals surface area contributed by atoms with Crippen LogP contribution in [-0.2, 0) is 32.6 Å². The molecule has 0 heterocycles. The van der Waals surface area contributed by atoms with E-state index in [1.807, 2.05) is 48.5 Å². The van der Waals surface area contributed by atoms with Crippen molar-refractivity contribution in [2.45, 2.75) is 31.8 Å². The molecule has 39 heavy (non-hydrogen) atoms. The van der Waals surface area contributed by atoms with Gasteiger partial charge in [-0.2, -0.15) is 0 Å². The van der Waals surface area contributed by atoms with Crippen molar-refractivity contribution in [2.75, 3.05) is 31.3 Å². The van der Waals surface area contributed by atoms with E-state index in [1.54, 1.807) is 13.2 Å². The summed E-state index contributed by atoms with van der Waals surface area (Å²) < 4.78 is 44.7. The number of halogens is 1. The zero-order valence-corrected chi connectivity index (χ0v) is 23.2. The van der Waals surface area contributed by atoms with Crippen molar-refractivity contribution >= 4 is 27.5 Å². The zero-order valence-electron chi connectivity index (χ0n) is 22.3. The molecule has 10 heteroatoms. The third kappa shape index (κ3) is 8.54. The summed E-state index contributed by atoms with van der Waals surface area (Å²) in [5.41, 5.74) is 2.00. The molecule has 3 aromatic rings. The second kappa shape index (κ2) is 13.7. The lowest BCUT2D eigenvalue weighted by atomic mass is 10.0. The molecule has 0 aliphatic carbocycles. The van der Waals surface area contributed by atoms with Crippen molar-refractivity contribution in [3.63, 3.8) is 0 Å². The fourth-order valence-corrected chi connectivity index (χ4v) is 5.26. The second-order valence-electron chi connectivity index (χ2n) is 9.11. The number of ether oxygens (including phenoxy) is 1. The molecule has 3 aromatic carbocycles. The van der Waals surface area contributed by atoms with Gasteiger partial charge in [0.15, 0.2) is 0 Å². The zero-order chi connectivity index (χ0) is 28.4. The summed E-state index contributed by atoms with van der Waals surface area (Å²) in [5.74, 6) is -0.453. The molecule has 0 aromatic heterocycles. The molecule has 0 aliphatic rings. The van der Waals surface area contributed by atoms with Crippen molar-refractivity contribution in [3.8, 4) is 5.75 Å². The van der Waals surface area contributed by atoms with E-state index >= 15 is 0 Å². The van der Waals surface area contributed by atoms with E-state index < -0.39 is 21.9 Å². The highest BCUT2D eigenvalue weighted by Crippen LogP contribution is 2.21. The molecule has 0 unspecified atom stereocenters. The Morgan fingerprint density at radius 1 is 0.974 bits per heavy atom. The summed E-state index contributed by atoms with van der Waals surface area (Å²) in [4.78, 5) is 28.2. The first-order valence-electron chi connectivity index (χ1n) is 12.5. The molecule has 0 spiro atoms. The standard InChI is InChI=1S/C29H34FN3O5S/c1-31-29(35)27(20-22-9-5-4-6-10-22)32(21-23-11-7-12-26(19-23)38-2)28(34)13-8-18-33(39(3,36)37)25-16-14-24(30)15-17-25/h4-7,9-12,14-17,19,27H,8,13,18,20-21H2,1-3H3,(H,31,35)/t27-/m1/s1. The Morgan fingerprint density at radius 3 is 2.26 bits per heavy atom. The lowest BCUT2D eigenvalue weighted by molar-refractivity contribution is -0.141. The summed E-state index contributed by atoms with van der Waals surface area (Å²) in [6, 6.07) is 21.1. The van der Waals surface area contributed by atoms with Crippen LogP contribution in [0.25, 0.3) is 0 Å². The maximum Gasteiger partial charge on any atom is 0.242 e. The first-order chi connectivity index (χ1) is 18.6. The van der Waals surface area contributed by atoms with E-state index in [2.05, 4.69) is 5.32 Å². The van der Waals surface area contributed by atoms with Crippen LogP contribution in [0.5, 0.6) is 5.75 Å². The molecule has 0 aliphatic heterocycles. The number of nitrogens with one attached hydrogen (secondary N) is 1. The molecule has 0 radical (unpaired) electrons. The molecule has 0 bridgehead atoms. The third-order valence-corrected chi connectivity index (χ3v) is 7.47. The number of anilines is 1. The first-order valence-corrected chi connectivity index (χ1v) is 14.4. The molecule has 0 saturated carbocycles. The van der Waals surface area contributed by atoms with Gasteiger partial charge in [0.2, 0.25) is 21.8 Å². The quantitative estimate of drug-likeness (QED) is 0.347. The number of rotatable bonds is 13. The maximum atomic E-state index is 13.7. The number of nitrogens with zero attached hydrogens (tertiary/aromatic N) is 2. The van der Waals surface area contributed by atoms with E-state index in [-0.39, 0.29) is 37.7 Å². The van der Waals surface area contributed by atoms with Crippen molar-refractivity contribution in [1.82, 2.24) is 10.2 Å². The van der Waals surface area contributed by atoms with Crippen molar-refractivity contribution in [3.05, 3.63) is 95.8 Å². The van der Waals surface area contributed by atoms with E-state index in [4.69, 9.17) is 4.74 Å². The summed E-state index contributed by atoms with van der Waals surface area (Å²) in [6.07, 6.45) is 1.57. The number of likely N-dealkylation sites (N-methyl/N-ethyl adjacent to an activating group) is 1. The van der Waals surface area contributed by atoms with Crippen molar-refractivity contribution < 1.29 is 27.1 Å². The van der Waals surface area contributed by atoms with E-state index in [1.165, 1.54) is 36.2 Å². The first kappa shape index (κ1) is 29.6. The molecule has 1 atom stereocenters. The largest absolute Gasteiger partial charge is 0.497 e. The summed E-state index contributed by atoms with van der Waals surface area (Å²) in [7, 11) is -0.588. The van der Waals surface area contributed by atoms with Crippen LogP contribution in [0.15, 0.2) is 78.9 Å². The molecule has 3 rings (SSSR count). The van der Waals surface area contributed by atoms with Gasteiger partial charge in [-0.15, -0.1) is 0 Å². The topological polar surface area (TPSA) is 96.0 Å². The number of hydrogen-bond donors (Lipinski definition) is 1. The molecular formula is C29H34FN3O5S. The van der Waals surface area contributed by atoms with Gasteiger partial charge in [-0.1, -0.05) is 42.5 Å². The number of methoxy groups -OCH3 is 1. The van der Waals surface area contributed by atoms with Gasteiger partial charge in [-0.3, -0.25) is 13.9 Å². The number of amides is 2. The van der Waals surface area contributed by atoms with Gasteiger partial charge in [0.1, 0.15) is 17.6 Å². The summed E-state index contributed by atoms with van der Waals surface area (Å²) in [6.45, 7) is 0.182. The molecule has 0 saturated heterocycles. The van der Waals surface area contributed by atoms with Gasteiger partial charge in [0, 0.05) is 33.0 Å². The predicted octanol–water partition coefficient (Wildman–Crippen LogP) is 3.77. The minimum absolute atomic E-state index is 0.000529. The molecule has 208 valence electrons. The lowest BCUT2D eigenvalue weighted by Crippen LogP contribution is -2.49. The molecular weight excluding hydrogens is 521 g/mol. The average Bonchev–Trinajstić information content (AvgIpc) is 2.93. The van der Waals surface area contributed by atoms with E-state index in [0.717, 1.165) is 21.7 Å². The highest BCUT2D eigenvalue weighted by atomic mass is 32.2. The average molecular weight is 556 g/mol. The highest BCUT2D eigenvalue weighted by molar-refractivity contribution is 7.92. The molecule has 8 nitrogen and oxygen atoms in total. The maximum absolute atomic E-state index is 13.7. The van der Waals surface area contributed by atoms with Crippen LogP contribution in [0.3, 0.4) is 0 Å². The fraction of sp³-hybridized carbons (Fsp3) is 0.310. The van der Waals surface area contributed by atoms with Gasteiger partial charge in [0.05, 0.1) is 19.1 Å². The smallest absolute Gasteiger partial charge is 0.242 e. The number of benzene rings is 3. The van der Waals surface area contributed by atoms with Crippen LogP contribution in [-0.4, -0.2) is 58.1 Å². The number of carbonyl (C=O) groups is 2.